The molecular weight excluding hydrogens is 359 g/mol. The fraction of sp³-hybridized carbons (Fsp3) is 0.429. The van der Waals surface area contributed by atoms with Gasteiger partial charge in [0.15, 0.2) is 11.6 Å². The van der Waals surface area contributed by atoms with Crippen LogP contribution < -0.4 is 15.0 Å². The number of aromatic nitrogens is 1. The minimum Gasteiger partial charge on any atom is -0.494 e. The molecule has 28 heavy (non-hydrogen) atoms. The number of pyridine rings is 1. The summed E-state index contributed by atoms with van der Waals surface area (Å²) in [4.78, 5) is 20.9. The topological polar surface area (TPSA) is 57.7 Å². The number of likely N-dealkylation sites (tertiary alicyclic amines) is 1. The largest absolute Gasteiger partial charge is 0.494 e. The van der Waals surface area contributed by atoms with Gasteiger partial charge in [0.1, 0.15) is 5.82 Å². The van der Waals surface area contributed by atoms with E-state index in [1.807, 2.05) is 31.1 Å². The Morgan fingerprint density at radius 3 is 2.61 bits per heavy atom. The lowest BCUT2D eigenvalue weighted by Gasteiger charge is -2.32. The summed E-state index contributed by atoms with van der Waals surface area (Å²) in [5.74, 6) is 0.655. The van der Waals surface area contributed by atoms with E-state index in [1.54, 1.807) is 18.3 Å². The third-order valence-electron chi connectivity index (χ3n) is 5.01. The van der Waals surface area contributed by atoms with Gasteiger partial charge in [-0.3, -0.25) is 9.69 Å². The number of hydrogen-bond acceptors (Lipinski definition) is 5. The molecule has 0 bridgehead atoms. The van der Waals surface area contributed by atoms with Crippen molar-refractivity contribution in [3.05, 3.63) is 53.5 Å². The summed E-state index contributed by atoms with van der Waals surface area (Å²) in [7, 11) is 5.29. The molecule has 0 aliphatic carbocycles. The number of nitrogens with zero attached hydrogens (tertiary/aromatic N) is 3. The number of rotatable bonds is 6. The van der Waals surface area contributed by atoms with Crippen LogP contribution in [-0.4, -0.2) is 56.1 Å². The summed E-state index contributed by atoms with van der Waals surface area (Å²) in [6.07, 6.45) is 3.35. The first-order valence-electron chi connectivity index (χ1n) is 9.45. The summed E-state index contributed by atoms with van der Waals surface area (Å²) in [5.41, 5.74) is 1.49. The van der Waals surface area contributed by atoms with E-state index in [1.165, 1.54) is 13.2 Å². The van der Waals surface area contributed by atoms with E-state index in [0.29, 0.717) is 12.1 Å². The van der Waals surface area contributed by atoms with E-state index in [9.17, 15) is 9.18 Å². The number of nitrogens with one attached hydrogen (secondary N) is 1. The second-order valence-electron chi connectivity index (χ2n) is 7.29. The second-order valence-corrected chi connectivity index (χ2v) is 7.29. The number of halogens is 1. The Morgan fingerprint density at radius 1 is 1.29 bits per heavy atom. The summed E-state index contributed by atoms with van der Waals surface area (Å²) < 4.78 is 18.8. The zero-order valence-corrected chi connectivity index (χ0v) is 16.6. The first-order valence-corrected chi connectivity index (χ1v) is 9.45. The molecule has 1 aromatic heterocycles. The summed E-state index contributed by atoms with van der Waals surface area (Å²) in [5, 5.41) is 3.10. The highest BCUT2D eigenvalue weighted by atomic mass is 19.1. The quantitative estimate of drug-likeness (QED) is 0.827. The van der Waals surface area contributed by atoms with E-state index >= 15 is 0 Å². The van der Waals surface area contributed by atoms with Crippen LogP contribution in [0, 0.1) is 5.82 Å². The predicted molar refractivity (Wildman–Crippen MR) is 107 cm³/mol. The average Bonchev–Trinajstić information content (AvgIpc) is 2.69. The number of carbonyl (C=O) groups is 1. The molecule has 0 unspecified atom stereocenters. The summed E-state index contributed by atoms with van der Waals surface area (Å²) >= 11 is 0. The van der Waals surface area contributed by atoms with E-state index in [-0.39, 0.29) is 23.5 Å². The van der Waals surface area contributed by atoms with Crippen molar-refractivity contribution < 1.29 is 13.9 Å². The van der Waals surface area contributed by atoms with Crippen molar-refractivity contribution in [3.8, 4) is 5.75 Å². The van der Waals surface area contributed by atoms with Gasteiger partial charge in [-0.05, 0) is 42.7 Å². The van der Waals surface area contributed by atoms with Gasteiger partial charge in [0.2, 0.25) is 0 Å². The van der Waals surface area contributed by atoms with Crippen molar-refractivity contribution in [1.82, 2.24) is 15.2 Å². The number of anilines is 1. The summed E-state index contributed by atoms with van der Waals surface area (Å²) in [6, 6.07) is 8.85. The van der Waals surface area contributed by atoms with E-state index in [0.717, 1.165) is 37.3 Å². The van der Waals surface area contributed by atoms with Crippen LogP contribution in [-0.2, 0) is 6.54 Å². The molecule has 6 nitrogen and oxygen atoms in total. The molecule has 1 aromatic carbocycles. The molecule has 0 saturated carbocycles. The minimum absolute atomic E-state index is 0.0894. The van der Waals surface area contributed by atoms with E-state index in [2.05, 4.69) is 15.2 Å². The van der Waals surface area contributed by atoms with Gasteiger partial charge >= 0.3 is 0 Å². The van der Waals surface area contributed by atoms with Crippen LogP contribution in [0.4, 0.5) is 10.2 Å². The van der Waals surface area contributed by atoms with Crippen molar-refractivity contribution in [2.24, 2.45) is 0 Å². The van der Waals surface area contributed by atoms with Crippen molar-refractivity contribution in [2.45, 2.75) is 25.4 Å². The normalized spacial score (nSPS) is 15.3. The van der Waals surface area contributed by atoms with E-state index in [4.69, 9.17) is 4.74 Å². The number of benzene rings is 1. The molecule has 0 radical (unpaired) electrons. The number of piperidine rings is 1. The highest BCUT2D eigenvalue weighted by molar-refractivity contribution is 5.94. The standard InChI is InChI=1S/C21H27FN4O2/c1-25(2)20-7-5-16(13-23-20)21(27)24-17-8-10-26(11-9-17)14-15-4-6-19(28-3)18(22)12-15/h4-7,12-13,17H,8-11,14H2,1-3H3,(H,24,27). The smallest absolute Gasteiger partial charge is 0.253 e. The Labute approximate surface area is 165 Å². The van der Waals surface area contributed by atoms with Crippen LogP contribution in [0.5, 0.6) is 5.75 Å². The lowest BCUT2D eigenvalue weighted by molar-refractivity contribution is 0.0908. The molecule has 1 amide bonds. The van der Waals surface area contributed by atoms with Gasteiger partial charge in [0.05, 0.1) is 12.7 Å². The minimum atomic E-state index is -0.337. The van der Waals surface area contributed by atoms with Gasteiger partial charge in [-0.15, -0.1) is 0 Å². The van der Waals surface area contributed by atoms with Crippen LogP contribution in [0.15, 0.2) is 36.5 Å². The molecular formula is C21H27FN4O2. The van der Waals surface area contributed by atoms with Gasteiger partial charge in [-0.25, -0.2) is 9.37 Å². The van der Waals surface area contributed by atoms with E-state index < -0.39 is 0 Å². The first kappa shape index (κ1) is 20.1. The van der Waals surface area contributed by atoms with Gasteiger partial charge in [0, 0.05) is 46.0 Å². The Bertz CT molecular complexity index is 803. The van der Waals surface area contributed by atoms with Gasteiger partial charge in [-0.2, -0.15) is 0 Å². The Balaban J connectivity index is 1.48. The van der Waals surface area contributed by atoms with Gasteiger partial charge in [-0.1, -0.05) is 6.07 Å². The lowest BCUT2D eigenvalue weighted by Crippen LogP contribution is -2.44. The van der Waals surface area contributed by atoms with Crippen LogP contribution >= 0.6 is 0 Å². The average molecular weight is 386 g/mol. The SMILES string of the molecule is COc1ccc(CN2CCC(NC(=O)c3ccc(N(C)C)nc3)CC2)cc1F. The highest BCUT2D eigenvalue weighted by Gasteiger charge is 2.21. The van der Waals surface area contributed by atoms with Crippen molar-refractivity contribution in [2.75, 3.05) is 39.2 Å². The molecule has 7 heteroatoms. The highest BCUT2D eigenvalue weighted by Crippen LogP contribution is 2.20. The molecule has 1 N–H and O–H groups in total. The second kappa shape index (κ2) is 9.01. The number of hydrogen-bond donors (Lipinski definition) is 1. The van der Waals surface area contributed by atoms with Crippen LogP contribution in [0.2, 0.25) is 0 Å². The molecule has 1 aliphatic heterocycles. The molecule has 1 fully saturated rings. The van der Waals surface area contributed by atoms with Crippen molar-refractivity contribution in [1.29, 1.82) is 0 Å². The zero-order valence-electron chi connectivity index (χ0n) is 16.6. The summed E-state index contributed by atoms with van der Waals surface area (Å²) in [6.45, 7) is 2.41. The fourth-order valence-corrected chi connectivity index (χ4v) is 3.36. The Kier molecular flexibility index (Phi) is 6.46. The van der Waals surface area contributed by atoms with Crippen LogP contribution in [0.3, 0.4) is 0 Å². The maximum atomic E-state index is 13.8. The maximum absolute atomic E-state index is 13.8. The molecule has 1 aliphatic rings. The molecule has 150 valence electrons. The molecule has 3 rings (SSSR count). The lowest BCUT2D eigenvalue weighted by atomic mass is 10.0. The third kappa shape index (κ3) is 4.98. The van der Waals surface area contributed by atoms with Crippen molar-refractivity contribution >= 4 is 11.7 Å². The predicted octanol–water partition coefficient (Wildman–Crippen LogP) is 2.69. The fourth-order valence-electron chi connectivity index (χ4n) is 3.36. The molecule has 2 heterocycles. The number of amides is 1. The van der Waals surface area contributed by atoms with Gasteiger partial charge < -0.3 is 15.0 Å². The molecule has 2 aromatic rings. The number of ether oxygens (including phenoxy) is 1. The van der Waals surface area contributed by atoms with Crippen molar-refractivity contribution in [3.63, 3.8) is 0 Å². The third-order valence-corrected chi connectivity index (χ3v) is 5.01. The maximum Gasteiger partial charge on any atom is 0.253 e. The zero-order chi connectivity index (χ0) is 20.1. The van der Waals surface area contributed by atoms with Gasteiger partial charge in [0.25, 0.3) is 5.91 Å². The number of methoxy groups -OCH3 is 1. The van der Waals surface area contributed by atoms with Crippen LogP contribution in [0.1, 0.15) is 28.8 Å². The molecule has 0 spiro atoms. The number of carbonyl (C=O) groups excluding carboxylic acids is 1. The Morgan fingerprint density at radius 2 is 2.04 bits per heavy atom. The monoisotopic (exact) mass is 386 g/mol. The van der Waals surface area contributed by atoms with Crippen LogP contribution in [0.25, 0.3) is 0 Å². The first-order chi connectivity index (χ1) is 13.5. The molecule has 0 atom stereocenters. The Hall–Kier alpha value is -2.67. The molecule has 1 saturated heterocycles.